The molecule has 0 radical (unpaired) electrons. The predicted molar refractivity (Wildman–Crippen MR) is 93.1 cm³/mol. The lowest BCUT2D eigenvalue weighted by Gasteiger charge is -2.10. The smallest absolute Gasteiger partial charge is 0.228 e. The maximum Gasteiger partial charge on any atom is 0.228 e. The van der Waals surface area contributed by atoms with Crippen molar-refractivity contribution in [2.45, 2.75) is 18.2 Å². The number of hydrogen-bond acceptors (Lipinski definition) is 3. The van der Waals surface area contributed by atoms with E-state index in [1.165, 1.54) is 12.1 Å². The van der Waals surface area contributed by atoms with Gasteiger partial charge in [0.1, 0.15) is 0 Å². The summed E-state index contributed by atoms with van der Waals surface area (Å²) in [5.74, 6) is -0.267. The lowest BCUT2D eigenvalue weighted by atomic mass is 10.1. The molecule has 23 heavy (non-hydrogen) atoms. The lowest BCUT2D eigenvalue weighted by molar-refractivity contribution is -0.115. The molecule has 2 rings (SSSR count). The van der Waals surface area contributed by atoms with Crippen molar-refractivity contribution in [3.05, 3.63) is 57.6 Å². The highest BCUT2D eigenvalue weighted by molar-refractivity contribution is 7.90. The average molecular weight is 372 g/mol. The third-order valence-electron chi connectivity index (χ3n) is 3.26. The number of amides is 1. The normalized spacial score (nSPS) is 11.3. The fraction of sp³-hybridized carbons (Fsp3) is 0.188. The Morgan fingerprint density at radius 3 is 2.39 bits per heavy atom. The molecule has 0 heterocycles. The van der Waals surface area contributed by atoms with Crippen LogP contribution in [0.3, 0.4) is 0 Å². The molecule has 122 valence electrons. The molecule has 2 aromatic rings. The molecule has 7 heteroatoms. The van der Waals surface area contributed by atoms with Crippen molar-refractivity contribution in [3.8, 4) is 0 Å². The second-order valence-corrected chi connectivity index (χ2v) is 8.05. The third kappa shape index (κ3) is 4.70. The zero-order valence-corrected chi connectivity index (χ0v) is 14.9. The molecule has 0 atom stereocenters. The molecule has 0 aliphatic heterocycles. The average Bonchev–Trinajstić information content (AvgIpc) is 2.44. The Bertz CT molecular complexity index is 864. The van der Waals surface area contributed by atoms with Gasteiger partial charge in [-0.2, -0.15) is 0 Å². The molecule has 0 aliphatic carbocycles. The van der Waals surface area contributed by atoms with Crippen LogP contribution in [0.4, 0.5) is 5.69 Å². The Hall–Kier alpha value is -1.56. The zero-order chi connectivity index (χ0) is 17.2. The first-order valence-electron chi connectivity index (χ1n) is 6.71. The molecule has 0 spiro atoms. The van der Waals surface area contributed by atoms with Gasteiger partial charge in [-0.1, -0.05) is 35.3 Å². The summed E-state index contributed by atoms with van der Waals surface area (Å²) in [5, 5.41) is 3.53. The molecule has 0 saturated heterocycles. The van der Waals surface area contributed by atoms with Gasteiger partial charge in [0.2, 0.25) is 5.91 Å². The summed E-state index contributed by atoms with van der Waals surface area (Å²) in [4.78, 5) is 12.3. The summed E-state index contributed by atoms with van der Waals surface area (Å²) in [6.07, 6.45) is 1.23. The minimum Gasteiger partial charge on any atom is -0.326 e. The van der Waals surface area contributed by atoms with E-state index in [9.17, 15) is 13.2 Å². The SMILES string of the molecule is Cc1ccc(S(C)(=O)=O)cc1NC(=O)Cc1ccc(Cl)c(Cl)c1. The highest BCUT2D eigenvalue weighted by atomic mass is 35.5. The first-order valence-corrected chi connectivity index (χ1v) is 9.36. The number of rotatable bonds is 4. The van der Waals surface area contributed by atoms with Gasteiger partial charge in [-0.25, -0.2) is 8.42 Å². The van der Waals surface area contributed by atoms with Crippen molar-refractivity contribution in [1.29, 1.82) is 0 Å². The number of carbonyl (C=O) groups excluding carboxylic acids is 1. The second-order valence-electron chi connectivity index (χ2n) is 5.22. The summed E-state index contributed by atoms with van der Waals surface area (Å²) in [5.41, 5.74) is 1.96. The van der Waals surface area contributed by atoms with Crippen LogP contribution in [-0.4, -0.2) is 20.6 Å². The van der Waals surface area contributed by atoms with Crippen LogP contribution in [0.1, 0.15) is 11.1 Å². The minimum atomic E-state index is -3.33. The number of nitrogens with one attached hydrogen (secondary N) is 1. The number of halogens is 2. The number of sulfone groups is 1. The Balaban J connectivity index is 2.18. The van der Waals surface area contributed by atoms with Crippen molar-refractivity contribution < 1.29 is 13.2 Å². The molecule has 0 unspecified atom stereocenters. The summed E-state index contributed by atoms with van der Waals surface area (Å²) < 4.78 is 23.2. The van der Waals surface area contributed by atoms with E-state index >= 15 is 0 Å². The van der Waals surface area contributed by atoms with Crippen LogP contribution < -0.4 is 5.32 Å². The molecule has 2 aromatic carbocycles. The first-order chi connectivity index (χ1) is 10.7. The van der Waals surface area contributed by atoms with Crippen LogP contribution in [0, 0.1) is 6.92 Å². The number of aryl methyl sites for hydroxylation is 1. The monoisotopic (exact) mass is 371 g/mol. The minimum absolute atomic E-state index is 0.111. The molecule has 0 fully saturated rings. The van der Waals surface area contributed by atoms with Crippen LogP contribution in [0.15, 0.2) is 41.3 Å². The number of hydrogen-bond donors (Lipinski definition) is 1. The van der Waals surface area contributed by atoms with Gasteiger partial charge in [0.15, 0.2) is 9.84 Å². The Kier molecular flexibility index (Phi) is 5.34. The van der Waals surface area contributed by atoms with Crippen molar-refractivity contribution >= 4 is 44.6 Å². The topological polar surface area (TPSA) is 63.2 Å². The molecule has 0 aromatic heterocycles. The highest BCUT2D eigenvalue weighted by Gasteiger charge is 2.12. The van der Waals surface area contributed by atoms with Crippen molar-refractivity contribution in [2.24, 2.45) is 0 Å². The summed E-state index contributed by atoms with van der Waals surface area (Å²) in [6.45, 7) is 1.79. The molecule has 1 amide bonds. The largest absolute Gasteiger partial charge is 0.326 e. The van der Waals surface area contributed by atoms with Gasteiger partial charge in [-0.15, -0.1) is 0 Å². The Labute approximate surface area is 145 Å². The summed E-state index contributed by atoms with van der Waals surface area (Å²) >= 11 is 11.8. The summed E-state index contributed by atoms with van der Waals surface area (Å²) in [6, 6.07) is 9.60. The van der Waals surface area contributed by atoms with Crippen molar-refractivity contribution in [1.82, 2.24) is 0 Å². The molecular weight excluding hydrogens is 357 g/mol. The van der Waals surface area contributed by atoms with E-state index in [1.54, 1.807) is 31.2 Å². The lowest BCUT2D eigenvalue weighted by Crippen LogP contribution is -2.15. The number of benzene rings is 2. The van der Waals surface area contributed by atoms with Crippen LogP contribution in [0.5, 0.6) is 0 Å². The van der Waals surface area contributed by atoms with E-state index < -0.39 is 9.84 Å². The Morgan fingerprint density at radius 2 is 1.78 bits per heavy atom. The van der Waals surface area contributed by atoms with E-state index in [1.807, 2.05) is 0 Å². The van der Waals surface area contributed by atoms with E-state index in [0.29, 0.717) is 21.3 Å². The quantitative estimate of drug-likeness (QED) is 0.886. The number of anilines is 1. The van der Waals surface area contributed by atoms with Crippen LogP contribution in [-0.2, 0) is 21.1 Å². The first kappa shape index (κ1) is 17.8. The maximum atomic E-state index is 12.2. The van der Waals surface area contributed by atoms with E-state index in [4.69, 9.17) is 23.2 Å². The van der Waals surface area contributed by atoms with Crippen LogP contribution >= 0.6 is 23.2 Å². The fourth-order valence-corrected chi connectivity index (χ4v) is 2.96. The Morgan fingerprint density at radius 1 is 1.09 bits per heavy atom. The van der Waals surface area contributed by atoms with E-state index in [0.717, 1.165) is 11.8 Å². The number of carbonyl (C=O) groups is 1. The maximum absolute atomic E-state index is 12.2. The fourth-order valence-electron chi connectivity index (χ4n) is 2.00. The van der Waals surface area contributed by atoms with Crippen molar-refractivity contribution in [2.75, 3.05) is 11.6 Å². The molecular formula is C16H15Cl2NO3S. The van der Waals surface area contributed by atoms with Gasteiger partial charge < -0.3 is 5.32 Å². The van der Waals surface area contributed by atoms with Crippen LogP contribution in [0.2, 0.25) is 10.0 Å². The van der Waals surface area contributed by atoms with Gasteiger partial charge in [0, 0.05) is 11.9 Å². The standard InChI is InChI=1S/C16H15Cl2NO3S/c1-10-3-5-12(23(2,21)22)9-15(10)19-16(20)8-11-4-6-13(17)14(18)7-11/h3-7,9H,8H2,1-2H3,(H,19,20). The molecule has 1 N–H and O–H groups in total. The highest BCUT2D eigenvalue weighted by Crippen LogP contribution is 2.24. The van der Waals surface area contributed by atoms with Gasteiger partial charge in [0.25, 0.3) is 0 Å². The summed E-state index contributed by atoms with van der Waals surface area (Å²) in [7, 11) is -3.33. The zero-order valence-electron chi connectivity index (χ0n) is 12.6. The molecule has 0 bridgehead atoms. The van der Waals surface area contributed by atoms with E-state index in [-0.39, 0.29) is 17.2 Å². The molecule has 0 aliphatic rings. The molecule has 4 nitrogen and oxygen atoms in total. The van der Waals surface area contributed by atoms with Gasteiger partial charge >= 0.3 is 0 Å². The third-order valence-corrected chi connectivity index (χ3v) is 5.11. The van der Waals surface area contributed by atoms with E-state index in [2.05, 4.69) is 5.32 Å². The van der Waals surface area contributed by atoms with Gasteiger partial charge in [-0.05, 0) is 42.3 Å². The van der Waals surface area contributed by atoms with Crippen LogP contribution in [0.25, 0.3) is 0 Å². The van der Waals surface area contributed by atoms with Crippen molar-refractivity contribution in [3.63, 3.8) is 0 Å². The predicted octanol–water partition coefficient (Wildman–Crippen LogP) is 3.89. The second kappa shape index (κ2) is 6.91. The van der Waals surface area contributed by atoms with Gasteiger partial charge in [0.05, 0.1) is 21.4 Å². The van der Waals surface area contributed by atoms with Gasteiger partial charge in [-0.3, -0.25) is 4.79 Å². The molecule has 0 saturated carbocycles.